The minimum Gasteiger partial charge on any atom is -0.681 e. The summed E-state index contributed by atoms with van der Waals surface area (Å²) >= 11 is 0. The predicted molar refractivity (Wildman–Crippen MR) is 180 cm³/mol. The monoisotopic (exact) mass is 632 g/mol. The van der Waals surface area contributed by atoms with E-state index < -0.39 is 17.9 Å². The van der Waals surface area contributed by atoms with E-state index in [4.69, 9.17) is 30.1 Å². The molecule has 6 rings (SSSR count). The zero-order valence-corrected chi connectivity index (χ0v) is 29.1. The van der Waals surface area contributed by atoms with Crippen LogP contribution in [0.1, 0.15) is 73.8 Å². The molecule has 0 radical (unpaired) electrons. The molecule has 1 fully saturated rings. The van der Waals surface area contributed by atoms with Crippen LogP contribution in [0.2, 0.25) is 0 Å². The van der Waals surface area contributed by atoms with Crippen LogP contribution in [-0.2, 0) is 25.5 Å². The van der Waals surface area contributed by atoms with Gasteiger partial charge in [0.2, 0.25) is 0 Å². The number of esters is 2. The fourth-order valence-electron chi connectivity index (χ4n) is 7.65. The first-order chi connectivity index (χ1) is 21.5. The first-order valence-electron chi connectivity index (χ1n) is 15.6. The minimum atomic E-state index is -1.04. The van der Waals surface area contributed by atoms with Crippen molar-refractivity contribution in [2.45, 2.75) is 72.4 Å². The van der Waals surface area contributed by atoms with E-state index in [9.17, 15) is 14.7 Å². The van der Waals surface area contributed by atoms with Crippen LogP contribution in [0.5, 0.6) is 0 Å². The Morgan fingerprint density at radius 2 is 1.78 bits per heavy atom. The van der Waals surface area contributed by atoms with Gasteiger partial charge in [0.1, 0.15) is 11.7 Å². The van der Waals surface area contributed by atoms with Gasteiger partial charge in [-0.1, -0.05) is 85.0 Å². The Morgan fingerprint density at radius 1 is 1.07 bits per heavy atom. The van der Waals surface area contributed by atoms with E-state index in [-0.39, 0.29) is 59.1 Å². The molecule has 0 aromatic carbocycles. The molecule has 46 heavy (non-hydrogen) atoms. The van der Waals surface area contributed by atoms with Gasteiger partial charge in [0, 0.05) is 11.6 Å². The maximum absolute atomic E-state index is 13.3. The number of nitrogens with zero attached hydrogens (tertiary/aromatic N) is 4. The summed E-state index contributed by atoms with van der Waals surface area (Å²) in [6.07, 6.45) is 8.02. The Labute approximate surface area is 286 Å². The summed E-state index contributed by atoms with van der Waals surface area (Å²) in [7, 11) is 2.69. The van der Waals surface area contributed by atoms with Crippen molar-refractivity contribution in [1.29, 1.82) is 0 Å². The normalized spacial score (nSPS) is 26.8. The zero-order chi connectivity index (χ0) is 32.3. The van der Waals surface area contributed by atoms with Crippen molar-refractivity contribution < 1.29 is 24.2 Å². The molecule has 1 aliphatic carbocycles. The van der Waals surface area contributed by atoms with E-state index in [0.29, 0.717) is 34.7 Å². The summed E-state index contributed by atoms with van der Waals surface area (Å²) in [4.78, 5) is 35.8. The van der Waals surface area contributed by atoms with E-state index in [0.717, 1.165) is 45.9 Å². The second kappa shape index (κ2) is 12.9. The standard InChI is InChI=1S/C36H40N4O5.Mg/c1-9-20-16(3)23-13-25-18(5)22(11-12-29(41)44-7)33(39-25)31-32(36(43)45-8)35(42)30-19(6)26(40-34(30)31)15-28-21(10-2)17(4)24(38-28)14-27(20)37-23;/h9,13,15,18,22,24,32-33,42H,1,10-12,14H2,2-8H3;/q-4;+2/b25-13-,28-15-;/t18-,22-,24?,32+,33?;/m0./s1. The average Bonchev–Trinajstić information content (AvgIpc) is 3.76. The summed E-state index contributed by atoms with van der Waals surface area (Å²) in [5, 5.41) is 23.1. The van der Waals surface area contributed by atoms with Gasteiger partial charge in [-0.3, -0.25) is 9.59 Å². The molecule has 0 amide bonds. The third-order valence-corrected chi connectivity index (χ3v) is 10.2. The van der Waals surface area contributed by atoms with E-state index in [2.05, 4.69) is 27.4 Å². The molecule has 2 aromatic rings. The van der Waals surface area contributed by atoms with Crippen molar-refractivity contribution >= 4 is 64.6 Å². The van der Waals surface area contributed by atoms with Crippen molar-refractivity contribution in [3.8, 4) is 0 Å². The average molecular weight is 633 g/mol. The SMILES string of the molecule is C=Cc1c2[n-]c(c1C)/C=C1\[N-]C(C3=c4[n-]c(c(C)c4=C(O)[C@@H]3C(=O)OC)/C=C3\[N-]C(C2)C(C)=C3CC)[C@@H](CCC(=O)OC)[C@@H]1C.[Mg+2]. The molecule has 1 N–H and O–H groups in total. The number of allylic oxidation sites excluding steroid dienone is 2. The number of aromatic nitrogens is 2. The predicted octanol–water partition coefficient (Wildman–Crippen LogP) is 4.48. The number of carbonyl (C=O) groups excluding carboxylic acids is 2. The molecule has 1 saturated heterocycles. The van der Waals surface area contributed by atoms with Crippen LogP contribution < -0.4 is 20.5 Å². The summed E-state index contributed by atoms with van der Waals surface area (Å²) in [6.45, 7) is 14.4. The van der Waals surface area contributed by atoms with Crippen LogP contribution in [0, 0.1) is 31.6 Å². The number of aliphatic hydroxyl groups is 1. The first-order valence-corrected chi connectivity index (χ1v) is 15.6. The largest absolute Gasteiger partial charge is 2.00 e. The number of rotatable bonds is 6. The number of carbonyl (C=O) groups is 2. The fraction of sp³-hybridized carbons (Fsp3) is 0.444. The molecule has 5 heterocycles. The molecule has 8 bridgehead atoms. The number of hydrogen-bond donors (Lipinski definition) is 1. The Kier molecular flexibility index (Phi) is 9.44. The van der Waals surface area contributed by atoms with Crippen LogP contribution in [0.4, 0.5) is 0 Å². The van der Waals surface area contributed by atoms with Gasteiger partial charge in [0.15, 0.2) is 0 Å². The Morgan fingerprint density at radius 3 is 2.43 bits per heavy atom. The molecule has 5 atom stereocenters. The summed E-state index contributed by atoms with van der Waals surface area (Å²) in [5.41, 5.74) is 9.93. The molecule has 0 saturated carbocycles. The second-order valence-electron chi connectivity index (χ2n) is 12.4. The van der Waals surface area contributed by atoms with Crippen LogP contribution in [0.15, 0.2) is 29.1 Å². The van der Waals surface area contributed by atoms with Crippen molar-refractivity contribution in [3.63, 3.8) is 0 Å². The van der Waals surface area contributed by atoms with Crippen LogP contribution in [0.25, 0.3) is 40.2 Å². The van der Waals surface area contributed by atoms with Crippen molar-refractivity contribution in [3.05, 3.63) is 84.1 Å². The van der Waals surface area contributed by atoms with Crippen molar-refractivity contribution in [2.75, 3.05) is 14.2 Å². The first kappa shape index (κ1) is 33.7. The smallest absolute Gasteiger partial charge is 0.681 e. The zero-order valence-electron chi connectivity index (χ0n) is 27.7. The van der Waals surface area contributed by atoms with E-state index in [1.165, 1.54) is 25.4 Å². The van der Waals surface area contributed by atoms with E-state index in [1.54, 1.807) is 0 Å². The van der Waals surface area contributed by atoms with E-state index >= 15 is 0 Å². The van der Waals surface area contributed by atoms with Crippen molar-refractivity contribution in [2.24, 2.45) is 17.8 Å². The summed E-state index contributed by atoms with van der Waals surface area (Å²) < 4.78 is 10.2. The second-order valence-corrected chi connectivity index (χ2v) is 12.4. The molecule has 238 valence electrons. The molecular weight excluding hydrogens is 593 g/mol. The number of fused-ring (bicyclic) bond motifs is 8. The number of methoxy groups -OCH3 is 2. The molecule has 2 aromatic heterocycles. The topological polar surface area (TPSA) is 129 Å². The molecular formula is C36H40MgN4O5-2. The Hall–Kier alpha value is -3.63. The third kappa shape index (κ3) is 5.23. The van der Waals surface area contributed by atoms with Gasteiger partial charge in [-0.2, -0.15) is 11.4 Å². The molecule has 9 nitrogen and oxygen atoms in total. The Balaban J connectivity index is 0.00000417. The quantitative estimate of drug-likeness (QED) is 0.367. The van der Waals surface area contributed by atoms with Gasteiger partial charge in [0.25, 0.3) is 0 Å². The van der Waals surface area contributed by atoms with E-state index in [1.807, 2.05) is 32.1 Å². The summed E-state index contributed by atoms with van der Waals surface area (Å²) in [5.74, 6) is -2.25. The number of aliphatic hydroxyl groups excluding tert-OH is 1. The van der Waals surface area contributed by atoms with Crippen LogP contribution >= 0.6 is 0 Å². The van der Waals surface area contributed by atoms with Gasteiger partial charge >= 0.3 is 35.0 Å². The van der Waals surface area contributed by atoms with Crippen LogP contribution in [-0.4, -0.2) is 66.4 Å². The van der Waals surface area contributed by atoms with Gasteiger partial charge in [-0.25, -0.2) is 0 Å². The fourth-order valence-corrected chi connectivity index (χ4v) is 7.65. The molecule has 3 aliphatic heterocycles. The summed E-state index contributed by atoms with van der Waals surface area (Å²) in [6, 6.07) is -0.601. The maximum atomic E-state index is 13.3. The third-order valence-electron chi connectivity index (χ3n) is 10.2. The van der Waals surface area contributed by atoms with Gasteiger partial charge in [-0.05, 0) is 51.0 Å². The van der Waals surface area contributed by atoms with Crippen LogP contribution in [0.3, 0.4) is 0 Å². The Bertz CT molecular complexity index is 1840. The molecule has 0 spiro atoms. The minimum absolute atomic E-state index is 0. The number of ether oxygens (including phenoxy) is 2. The van der Waals surface area contributed by atoms with Gasteiger partial charge in [0.05, 0.1) is 14.2 Å². The van der Waals surface area contributed by atoms with Gasteiger partial charge in [-0.15, -0.1) is 22.4 Å². The molecule has 10 heteroatoms. The number of hydrogen-bond acceptors (Lipinski definition) is 5. The van der Waals surface area contributed by atoms with Gasteiger partial charge < -0.3 is 35.2 Å². The van der Waals surface area contributed by atoms with Crippen molar-refractivity contribution in [1.82, 2.24) is 9.97 Å². The maximum Gasteiger partial charge on any atom is 2.00 e. The molecule has 4 aliphatic rings. The molecule has 2 unspecified atom stereocenters.